The zero-order chi connectivity index (χ0) is 29.8. The first kappa shape index (κ1) is 32.7. The first-order chi connectivity index (χ1) is 18.9. The molecule has 40 heavy (non-hydrogen) atoms. The summed E-state index contributed by atoms with van der Waals surface area (Å²) in [5, 5.41) is 0. The molecule has 220 valence electrons. The summed E-state index contributed by atoms with van der Waals surface area (Å²) < 4.78 is 62.9. The van der Waals surface area contributed by atoms with Crippen molar-refractivity contribution in [1.82, 2.24) is 9.80 Å². The quantitative estimate of drug-likeness (QED) is 0.0701. The van der Waals surface area contributed by atoms with Gasteiger partial charge in [0.25, 0.3) is 0 Å². The molecule has 2 amide bonds. The fourth-order valence-electron chi connectivity index (χ4n) is 2.80. The number of hydrogen-bond donors (Lipinski definition) is 0. The number of carbonyl (C=O) groups excluding carboxylic acids is 4. The molecule has 2 saturated heterocycles. The predicted octanol–water partition coefficient (Wildman–Crippen LogP) is 3.22. The van der Waals surface area contributed by atoms with Crippen LogP contribution in [0.25, 0.3) is 0 Å². The molecular weight excluding hydrogens is 578 g/mol. The van der Waals surface area contributed by atoms with Crippen LogP contribution in [-0.2, 0) is 55.3 Å². The highest BCUT2D eigenvalue weighted by Crippen LogP contribution is 2.55. The Bertz CT molecular complexity index is 1060. The lowest BCUT2D eigenvalue weighted by Gasteiger charge is -2.21. The molecule has 16 nitrogen and oxygen atoms in total. The topological polar surface area (TPSA) is 183 Å². The van der Waals surface area contributed by atoms with Crippen molar-refractivity contribution < 1.29 is 64.9 Å². The van der Waals surface area contributed by atoms with Gasteiger partial charge in [0.15, 0.2) is 0 Å². The van der Waals surface area contributed by atoms with E-state index >= 15 is 0 Å². The van der Waals surface area contributed by atoms with E-state index in [0.29, 0.717) is 12.2 Å². The SMILES string of the molecule is C=CCN(CC(=C)OP1(=O)OCCO1)C(=O)OC(=O)/C=C/C(=O)OC(=O)N(CC=C)CC(=C)OP1(=O)OCCO1. The molecule has 0 aromatic heterocycles. The molecule has 18 heteroatoms. The highest BCUT2D eigenvalue weighted by Gasteiger charge is 2.35. The van der Waals surface area contributed by atoms with Crippen LogP contribution in [0.3, 0.4) is 0 Å². The number of carbonyl (C=O) groups is 4. The van der Waals surface area contributed by atoms with Gasteiger partial charge in [-0.05, 0) is 0 Å². The lowest BCUT2D eigenvalue weighted by Crippen LogP contribution is -2.35. The molecule has 2 fully saturated rings. The van der Waals surface area contributed by atoms with E-state index in [-0.39, 0.29) is 64.1 Å². The number of phosphoric ester groups is 2. The molecule has 2 rings (SSSR count). The normalized spacial score (nSPS) is 16.9. The van der Waals surface area contributed by atoms with E-state index in [2.05, 4.69) is 35.8 Å². The monoisotopic (exact) mass is 606 g/mol. The Morgan fingerprint density at radius 2 is 1.00 bits per heavy atom. The highest BCUT2D eigenvalue weighted by atomic mass is 31.2. The summed E-state index contributed by atoms with van der Waals surface area (Å²) in [6, 6.07) is 0. The highest BCUT2D eigenvalue weighted by molar-refractivity contribution is 7.49. The second-order valence-electron chi connectivity index (χ2n) is 7.53. The Morgan fingerprint density at radius 1 is 0.675 bits per heavy atom. The minimum Gasteiger partial charge on any atom is -0.407 e. The number of ether oxygens (including phenoxy) is 2. The van der Waals surface area contributed by atoms with Gasteiger partial charge in [-0.1, -0.05) is 25.3 Å². The van der Waals surface area contributed by atoms with Gasteiger partial charge in [-0.3, -0.25) is 27.9 Å². The van der Waals surface area contributed by atoms with E-state index in [0.717, 1.165) is 9.80 Å². The fourth-order valence-corrected chi connectivity index (χ4v) is 5.10. The summed E-state index contributed by atoms with van der Waals surface area (Å²) in [5.41, 5.74) is 0. The van der Waals surface area contributed by atoms with Crippen molar-refractivity contribution in [3.63, 3.8) is 0 Å². The summed E-state index contributed by atoms with van der Waals surface area (Å²) in [7, 11) is -7.66. The standard InChI is InChI=1S/C22H28N2O14P2/c1-5-9-23(15-17(3)37-39(29)31-11-12-32-39)21(27)35-19(25)7-8-20(26)36-22(28)24(10-6-2)16-18(4)38-40(30)33-13-14-34-40/h5-8H,1-4,9-16H2/b8-7+. The number of esters is 2. The van der Waals surface area contributed by atoms with Crippen molar-refractivity contribution >= 4 is 39.8 Å². The Hall–Kier alpha value is -3.52. The third-order valence-electron chi connectivity index (χ3n) is 4.33. The molecule has 0 bridgehead atoms. The molecule has 0 aliphatic carbocycles. The van der Waals surface area contributed by atoms with Crippen LogP contribution < -0.4 is 0 Å². The Kier molecular flexibility index (Phi) is 12.5. The average molecular weight is 606 g/mol. The maximum atomic E-state index is 12.4. The first-order valence-corrected chi connectivity index (χ1v) is 14.2. The predicted molar refractivity (Wildman–Crippen MR) is 135 cm³/mol. The maximum Gasteiger partial charge on any atom is 0.529 e. The van der Waals surface area contributed by atoms with Gasteiger partial charge in [0, 0.05) is 25.2 Å². The van der Waals surface area contributed by atoms with E-state index in [1.54, 1.807) is 0 Å². The largest absolute Gasteiger partial charge is 0.529 e. The molecule has 0 unspecified atom stereocenters. The zero-order valence-corrected chi connectivity index (χ0v) is 23.1. The third-order valence-corrected chi connectivity index (χ3v) is 7.29. The summed E-state index contributed by atoms with van der Waals surface area (Å²) >= 11 is 0. The molecule has 0 aromatic rings. The summed E-state index contributed by atoms with van der Waals surface area (Å²) in [6.45, 7) is 13.3. The van der Waals surface area contributed by atoms with E-state index in [1.165, 1.54) is 12.2 Å². The zero-order valence-electron chi connectivity index (χ0n) is 21.3. The van der Waals surface area contributed by atoms with Crippen LogP contribution in [0.15, 0.2) is 62.1 Å². The Balaban J connectivity index is 1.86. The molecule has 0 saturated carbocycles. The lowest BCUT2D eigenvalue weighted by molar-refractivity contribution is -0.135. The summed E-state index contributed by atoms with van der Waals surface area (Å²) in [6.07, 6.45) is 1.35. The van der Waals surface area contributed by atoms with Crippen LogP contribution in [0.5, 0.6) is 0 Å². The molecule has 0 radical (unpaired) electrons. The molecule has 2 aliphatic rings. The van der Waals surface area contributed by atoms with Gasteiger partial charge in [-0.15, -0.1) is 13.2 Å². The van der Waals surface area contributed by atoms with Crippen LogP contribution in [0.1, 0.15) is 0 Å². The van der Waals surface area contributed by atoms with E-state index in [9.17, 15) is 28.3 Å². The molecule has 0 N–H and O–H groups in total. The van der Waals surface area contributed by atoms with Crippen molar-refractivity contribution in [1.29, 1.82) is 0 Å². The minimum atomic E-state index is -3.83. The molecular formula is C22H28N2O14P2. The van der Waals surface area contributed by atoms with Crippen molar-refractivity contribution in [3.05, 3.63) is 62.1 Å². The first-order valence-electron chi connectivity index (χ1n) is 11.3. The van der Waals surface area contributed by atoms with Crippen molar-refractivity contribution in [2.45, 2.75) is 0 Å². The van der Waals surface area contributed by atoms with Crippen LogP contribution in [0.2, 0.25) is 0 Å². The van der Waals surface area contributed by atoms with Gasteiger partial charge < -0.3 is 18.5 Å². The lowest BCUT2D eigenvalue weighted by atomic mass is 10.4. The molecule has 0 spiro atoms. The van der Waals surface area contributed by atoms with Gasteiger partial charge in [-0.2, -0.15) is 0 Å². The maximum absolute atomic E-state index is 12.4. The Labute approximate surface area is 229 Å². The van der Waals surface area contributed by atoms with Crippen LogP contribution >= 0.6 is 15.6 Å². The van der Waals surface area contributed by atoms with Gasteiger partial charge in [0.05, 0.1) is 39.5 Å². The van der Waals surface area contributed by atoms with E-state index in [1.807, 2.05) is 0 Å². The second-order valence-corrected chi connectivity index (χ2v) is 10.7. The third kappa shape index (κ3) is 10.9. The average Bonchev–Trinajstić information content (AvgIpc) is 3.49. The minimum absolute atomic E-state index is 0.0574. The van der Waals surface area contributed by atoms with E-state index in [4.69, 9.17) is 27.1 Å². The number of phosphoric acid groups is 2. The fraction of sp³-hybridized carbons (Fsp3) is 0.364. The van der Waals surface area contributed by atoms with Gasteiger partial charge in [0.2, 0.25) is 0 Å². The Morgan fingerprint density at radius 3 is 1.30 bits per heavy atom. The second kappa shape index (κ2) is 15.3. The number of rotatable bonds is 14. The van der Waals surface area contributed by atoms with Crippen molar-refractivity contribution in [2.75, 3.05) is 52.6 Å². The molecule has 0 aromatic carbocycles. The van der Waals surface area contributed by atoms with Crippen molar-refractivity contribution in [3.8, 4) is 0 Å². The number of amides is 2. The number of nitrogens with zero attached hydrogens (tertiary/aromatic N) is 2. The van der Waals surface area contributed by atoms with Gasteiger partial charge in [-0.25, -0.2) is 28.3 Å². The van der Waals surface area contributed by atoms with Gasteiger partial charge >= 0.3 is 39.8 Å². The van der Waals surface area contributed by atoms with Crippen molar-refractivity contribution in [2.24, 2.45) is 0 Å². The van der Waals surface area contributed by atoms with Crippen LogP contribution in [-0.4, -0.2) is 86.5 Å². The molecule has 2 heterocycles. The van der Waals surface area contributed by atoms with Gasteiger partial charge in [0.1, 0.15) is 11.5 Å². The molecule has 2 aliphatic heterocycles. The van der Waals surface area contributed by atoms with Crippen LogP contribution in [0, 0.1) is 0 Å². The van der Waals surface area contributed by atoms with E-state index < -0.39 is 39.8 Å². The smallest absolute Gasteiger partial charge is 0.407 e. The molecule has 0 atom stereocenters. The summed E-state index contributed by atoms with van der Waals surface area (Å²) in [5.74, 6) is -2.92. The van der Waals surface area contributed by atoms with Crippen LogP contribution in [0.4, 0.5) is 9.59 Å². The number of hydrogen-bond acceptors (Lipinski definition) is 14. The summed E-state index contributed by atoms with van der Waals surface area (Å²) in [4.78, 5) is 50.6.